The largest absolute Gasteiger partial charge is 0.270 e. The van der Waals surface area contributed by atoms with Crippen molar-refractivity contribution >= 4 is 32.2 Å². The molecule has 1 N–H and O–H groups in total. The monoisotopic (exact) mass is 328 g/mol. The molecule has 0 saturated heterocycles. The van der Waals surface area contributed by atoms with Crippen molar-refractivity contribution in [3.05, 3.63) is 39.4 Å². The molecule has 0 fully saturated rings. The third-order valence-electron chi connectivity index (χ3n) is 2.49. The Kier molecular flexibility index (Phi) is 4.19. The zero-order valence-electron chi connectivity index (χ0n) is 11.2. The second-order valence-electron chi connectivity index (χ2n) is 4.46. The van der Waals surface area contributed by atoms with Gasteiger partial charge in [-0.25, -0.2) is 8.42 Å². The molecule has 0 aliphatic heterocycles. The zero-order valence-corrected chi connectivity index (χ0v) is 12.8. The lowest BCUT2D eigenvalue weighted by atomic mass is 10.2. The number of rotatable bonds is 5. The standard InChI is InChI=1S/C11H12N4O4S2/c1-7(2)10-12-13-11(20-10)14-21(18,19)9-5-3-4-8(6-9)15(16)17/h3-7H,1-2H3,(H,13,14). The molecule has 2 aromatic rings. The molecule has 0 amide bonds. The van der Waals surface area contributed by atoms with Crippen molar-refractivity contribution in [3.63, 3.8) is 0 Å². The summed E-state index contributed by atoms with van der Waals surface area (Å²) < 4.78 is 26.6. The molecule has 0 aliphatic rings. The van der Waals surface area contributed by atoms with E-state index < -0.39 is 14.9 Å². The molecule has 0 saturated carbocycles. The van der Waals surface area contributed by atoms with Gasteiger partial charge in [-0.3, -0.25) is 14.8 Å². The highest BCUT2D eigenvalue weighted by Crippen LogP contribution is 2.25. The Labute approximate surface area is 125 Å². The van der Waals surface area contributed by atoms with Crippen LogP contribution in [-0.2, 0) is 10.0 Å². The van der Waals surface area contributed by atoms with E-state index in [0.717, 1.165) is 17.4 Å². The molecule has 10 heteroatoms. The number of hydrogen-bond donors (Lipinski definition) is 1. The van der Waals surface area contributed by atoms with Gasteiger partial charge in [0.15, 0.2) is 0 Å². The van der Waals surface area contributed by atoms with Gasteiger partial charge in [-0.1, -0.05) is 31.3 Å². The highest BCUT2D eigenvalue weighted by atomic mass is 32.2. The first-order chi connectivity index (χ1) is 9.79. The van der Waals surface area contributed by atoms with Gasteiger partial charge in [0.1, 0.15) is 5.01 Å². The molecule has 112 valence electrons. The number of nitro groups is 1. The van der Waals surface area contributed by atoms with E-state index in [1.807, 2.05) is 13.8 Å². The first-order valence-corrected chi connectivity index (χ1v) is 8.20. The van der Waals surface area contributed by atoms with E-state index in [9.17, 15) is 18.5 Å². The minimum absolute atomic E-state index is 0.130. The number of nitrogens with one attached hydrogen (secondary N) is 1. The van der Waals surface area contributed by atoms with E-state index >= 15 is 0 Å². The van der Waals surface area contributed by atoms with Gasteiger partial charge in [0, 0.05) is 18.1 Å². The molecule has 2 rings (SSSR count). The Bertz CT molecular complexity index is 770. The molecule has 1 aromatic carbocycles. The number of benzene rings is 1. The molecular weight excluding hydrogens is 316 g/mol. The number of non-ortho nitro benzene ring substituents is 1. The summed E-state index contributed by atoms with van der Waals surface area (Å²) in [5.41, 5.74) is -0.294. The first kappa shape index (κ1) is 15.3. The van der Waals surface area contributed by atoms with Crippen LogP contribution in [0.25, 0.3) is 0 Å². The lowest BCUT2D eigenvalue weighted by Gasteiger charge is -2.04. The maximum absolute atomic E-state index is 12.2. The van der Waals surface area contributed by atoms with Crippen molar-refractivity contribution in [1.82, 2.24) is 10.2 Å². The Hall–Kier alpha value is -2.07. The smallest absolute Gasteiger partial charge is 0.258 e. The quantitative estimate of drug-likeness (QED) is 0.665. The van der Waals surface area contributed by atoms with Crippen LogP contribution in [0, 0.1) is 10.1 Å². The van der Waals surface area contributed by atoms with E-state index in [1.165, 1.54) is 18.2 Å². The minimum atomic E-state index is -3.93. The van der Waals surface area contributed by atoms with E-state index in [2.05, 4.69) is 14.9 Å². The van der Waals surface area contributed by atoms with Crippen LogP contribution in [0.4, 0.5) is 10.8 Å². The highest BCUT2D eigenvalue weighted by Gasteiger charge is 2.20. The second-order valence-corrected chi connectivity index (χ2v) is 7.15. The van der Waals surface area contributed by atoms with Crippen molar-refractivity contribution in [2.24, 2.45) is 0 Å². The fourth-order valence-electron chi connectivity index (χ4n) is 1.45. The lowest BCUT2D eigenvalue weighted by molar-refractivity contribution is -0.385. The topological polar surface area (TPSA) is 115 Å². The average molecular weight is 328 g/mol. The van der Waals surface area contributed by atoms with E-state index in [1.54, 1.807) is 0 Å². The zero-order chi connectivity index (χ0) is 15.6. The summed E-state index contributed by atoms with van der Waals surface area (Å²) in [6.45, 7) is 3.83. The summed E-state index contributed by atoms with van der Waals surface area (Å²) in [5.74, 6) is 0.138. The molecule has 1 heterocycles. The predicted molar refractivity (Wildman–Crippen MR) is 77.9 cm³/mol. The average Bonchev–Trinajstić information content (AvgIpc) is 2.87. The number of nitro benzene ring substituents is 1. The molecular formula is C11H12N4O4S2. The number of hydrogen-bond acceptors (Lipinski definition) is 7. The maximum atomic E-state index is 12.2. The van der Waals surface area contributed by atoms with Gasteiger partial charge < -0.3 is 0 Å². The Balaban J connectivity index is 2.29. The number of aromatic nitrogens is 2. The van der Waals surface area contributed by atoms with Gasteiger partial charge >= 0.3 is 0 Å². The van der Waals surface area contributed by atoms with Crippen LogP contribution in [-0.4, -0.2) is 23.5 Å². The van der Waals surface area contributed by atoms with Crippen molar-refractivity contribution in [1.29, 1.82) is 0 Å². The van der Waals surface area contributed by atoms with Gasteiger partial charge in [-0.15, -0.1) is 10.2 Å². The number of sulfonamides is 1. The van der Waals surface area contributed by atoms with Gasteiger partial charge in [-0.05, 0) is 6.07 Å². The summed E-state index contributed by atoms with van der Waals surface area (Å²) in [6.07, 6.45) is 0. The van der Waals surface area contributed by atoms with Crippen LogP contribution in [0.15, 0.2) is 29.2 Å². The highest BCUT2D eigenvalue weighted by molar-refractivity contribution is 7.93. The van der Waals surface area contributed by atoms with Gasteiger partial charge in [-0.2, -0.15) is 0 Å². The molecule has 0 spiro atoms. The Morgan fingerprint density at radius 1 is 1.33 bits per heavy atom. The fourth-order valence-corrected chi connectivity index (χ4v) is 3.46. The second kappa shape index (κ2) is 5.74. The molecule has 1 aromatic heterocycles. The van der Waals surface area contributed by atoms with E-state index in [4.69, 9.17) is 0 Å². The van der Waals surface area contributed by atoms with Crippen molar-refractivity contribution in [2.75, 3.05) is 4.72 Å². The van der Waals surface area contributed by atoms with E-state index in [0.29, 0.717) is 5.01 Å². The molecule has 21 heavy (non-hydrogen) atoms. The SMILES string of the molecule is CC(C)c1nnc(NS(=O)(=O)c2cccc([N+](=O)[O-])c2)s1. The summed E-state index contributed by atoms with van der Waals surface area (Å²) >= 11 is 1.13. The van der Waals surface area contributed by atoms with Gasteiger partial charge in [0.25, 0.3) is 15.7 Å². The van der Waals surface area contributed by atoms with Crippen LogP contribution in [0.5, 0.6) is 0 Å². The molecule has 8 nitrogen and oxygen atoms in total. The number of nitrogens with zero attached hydrogens (tertiary/aromatic N) is 3. The van der Waals surface area contributed by atoms with Gasteiger partial charge in [0.2, 0.25) is 5.13 Å². The third-order valence-corrected chi connectivity index (χ3v) is 5.10. The minimum Gasteiger partial charge on any atom is -0.258 e. The van der Waals surface area contributed by atoms with Crippen molar-refractivity contribution < 1.29 is 13.3 Å². The van der Waals surface area contributed by atoms with Gasteiger partial charge in [0.05, 0.1) is 9.82 Å². The van der Waals surface area contributed by atoms with Crippen LogP contribution >= 0.6 is 11.3 Å². The normalized spacial score (nSPS) is 11.6. The van der Waals surface area contributed by atoms with Crippen LogP contribution in [0.2, 0.25) is 0 Å². The fraction of sp³-hybridized carbons (Fsp3) is 0.273. The molecule has 0 unspecified atom stereocenters. The van der Waals surface area contributed by atoms with Crippen molar-refractivity contribution in [2.45, 2.75) is 24.7 Å². The lowest BCUT2D eigenvalue weighted by Crippen LogP contribution is -2.13. The van der Waals surface area contributed by atoms with E-state index in [-0.39, 0.29) is 21.6 Å². The van der Waals surface area contributed by atoms with Crippen LogP contribution < -0.4 is 4.72 Å². The molecule has 0 atom stereocenters. The number of anilines is 1. The maximum Gasteiger partial charge on any atom is 0.270 e. The summed E-state index contributed by atoms with van der Waals surface area (Å²) in [4.78, 5) is 9.84. The molecule has 0 aliphatic carbocycles. The molecule has 0 bridgehead atoms. The van der Waals surface area contributed by atoms with Crippen LogP contribution in [0.3, 0.4) is 0 Å². The third kappa shape index (κ3) is 3.52. The summed E-state index contributed by atoms with van der Waals surface area (Å²) in [7, 11) is -3.93. The van der Waals surface area contributed by atoms with Crippen LogP contribution in [0.1, 0.15) is 24.8 Å². The van der Waals surface area contributed by atoms with Crippen molar-refractivity contribution in [3.8, 4) is 0 Å². The summed E-state index contributed by atoms with van der Waals surface area (Å²) in [5, 5.41) is 19.1. The Morgan fingerprint density at radius 3 is 2.62 bits per heavy atom. The summed E-state index contributed by atoms with van der Waals surface area (Å²) in [6, 6.07) is 4.81. The first-order valence-electron chi connectivity index (χ1n) is 5.90. The molecule has 0 radical (unpaired) electrons. The Morgan fingerprint density at radius 2 is 2.05 bits per heavy atom. The predicted octanol–water partition coefficient (Wildman–Crippen LogP) is 2.37.